The number of nitrogens with zero attached hydrogens (tertiary/aromatic N) is 4. The zero-order valence-corrected chi connectivity index (χ0v) is 11.6. The highest BCUT2D eigenvalue weighted by molar-refractivity contribution is 6.35. The first-order valence-corrected chi connectivity index (χ1v) is 6.83. The van der Waals surface area contributed by atoms with Crippen molar-refractivity contribution in [1.82, 2.24) is 10.3 Å². The monoisotopic (exact) mass is 296 g/mol. The second-order valence-corrected chi connectivity index (χ2v) is 5.39. The molecule has 0 aliphatic carbocycles. The number of halogens is 1. The Morgan fingerprint density at radius 1 is 1.45 bits per heavy atom. The van der Waals surface area contributed by atoms with E-state index in [1.165, 1.54) is 0 Å². The number of aromatic nitrogens is 2. The van der Waals surface area contributed by atoms with E-state index >= 15 is 0 Å². The summed E-state index contributed by atoms with van der Waals surface area (Å²) in [6.45, 7) is 2.83. The van der Waals surface area contributed by atoms with Gasteiger partial charge >= 0.3 is 5.69 Å². The summed E-state index contributed by atoms with van der Waals surface area (Å²) in [4.78, 5) is 13.0. The zero-order valence-electron chi connectivity index (χ0n) is 10.9. The molecule has 1 fully saturated rings. The molecule has 0 amide bonds. The third kappa shape index (κ3) is 1.98. The molecular weight excluding hydrogens is 284 g/mol. The van der Waals surface area contributed by atoms with E-state index in [0.29, 0.717) is 10.7 Å². The van der Waals surface area contributed by atoms with Gasteiger partial charge in [0.2, 0.25) is 5.52 Å². The van der Waals surface area contributed by atoms with Gasteiger partial charge in [0.1, 0.15) is 5.69 Å². The maximum atomic E-state index is 11.4. The van der Waals surface area contributed by atoms with Gasteiger partial charge in [0.25, 0.3) is 0 Å². The van der Waals surface area contributed by atoms with Gasteiger partial charge in [-0.2, -0.15) is 0 Å². The van der Waals surface area contributed by atoms with E-state index in [9.17, 15) is 10.1 Å². The first-order chi connectivity index (χ1) is 9.59. The van der Waals surface area contributed by atoms with Crippen molar-refractivity contribution in [2.24, 2.45) is 0 Å². The van der Waals surface area contributed by atoms with E-state index in [2.05, 4.69) is 21.9 Å². The molecule has 2 aromatic rings. The molecule has 20 heavy (non-hydrogen) atoms. The fraction of sp³-hybridized carbons (Fsp3) is 0.500. The summed E-state index contributed by atoms with van der Waals surface area (Å²) in [5, 5.41) is 19.0. The number of rotatable bonds is 2. The van der Waals surface area contributed by atoms with Crippen LogP contribution in [0.4, 0.5) is 11.4 Å². The Bertz CT molecular complexity index is 672. The minimum Gasteiger partial charge on any atom is -0.363 e. The van der Waals surface area contributed by atoms with Crippen LogP contribution in [0, 0.1) is 10.1 Å². The van der Waals surface area contributed by atoms with Gasteiger partial charge < -0.3 is 4.90 Å². The Hall–Kier alpha value is -1.89. The molecule has 1 aliphatic rings. The van der Waals surface area contributed by atoms with Crippen molar-refractivity contribution in [1.29, 1.82) is 0 Å². The first kappa shape index (κ1) is 13.1. The topological polar surface area (TPSA) is 85.3 Å². The quantitative estimate of drug-likeness (QED) is 0.625. The number of hydrogen-bond donors (Lipinski definition) is 0. The lowest BCUT2D eigenvalue weighted by Gasteiger charge is -2.34. The molecule has 0 bridgehead atoms. The van der Waals surface area contributed by atoms with E-state index in [4.69, 9.17) is 11.6 Å². The summed E-state index contributed by atoms with van der Waals surface area (Å²) in [6.07, 6.45) is 3.14. The number of fused-ring (bicyclic) bond motifs is 1. The summed E-state index contributed by atoms with van der Waals surface area (Å²) >= 11 is 6.14. The largest absolute Gasteiger partial charge is 0.363 e. The highest BCUT2D eigenvalue weighted by Crippen LogP contribution is 2.40. The summed E-state index contributed by atoms with van der Waals surface area (Å²) in [6, 6.07) is 1.82. The number of hydrogen-bond acceptors (Lipinski definition) is 6. The average molecular weight is 297 g/mol. The van der Waals surface area contributed by atoms with Gasteiger partial charge in [-0.25, -0.2) is 4.63 Å². The fourth-order valence-electron chi connectivity index (χ4n) is 2.73. The van der Waals surface area contributed by atoms with Crippen LogP contribution in [0.15, 0.2) is 10.7 Å². The molecule has 0 N–H and O–H groups in total. The first-order valence-electron chi connectivity index (χ1n) is 6.45. The Balaban J connectivity index is 2.23. The van der Waals surface area contributed by atoms with Crippen molar-refractivity contribution < 1.29 is 9.55 Å². The molecule has 0 unspecified atom stereocenters. The molecular formula is C12H13ClN4O3. The number of anilines is 1. The van der Waals surface area contributed by atoms with Crippen LogP contribution in [0.1, 0.15) is 26.2 Å². The van der Waals surface area contributed by atoms with Gasteiger partial charge in [0, 0.05) is 12.6 Å². The van der Waals surface area contributed by atoms with Crippen LogP contribution in [0.3, 0.4) is 0 Å². The highest BCUT2D eigenvalue weighted by Gasteiger charge is 2.31. The number of piperidine rings is 1. The molecule has 8 heteroatoms. The maximum Gasteiger partial charge on any atom is 0.323 e. The molecule has 1 aliphatic heterocycles. The highest BCUT2D eigenvalue weighted by atomic mass is 35.5. The Morgan fingerprint density at radius 3 is 2.90 bits per heavy atom. The van der Waals surface area contributed by atoms with Crippen molar-refractivity contribution in [3.05, 3.63) is 21.2 Å². The normalized spacial score (nSPS) is 19.5. The number of nitro groups is 1. The molecule has 3 rings (SSSR count). The third-order valence-electron chi connectivity index (χ3n) is 3.74. The Kier molecular flexibility index (Phi) is 3.21. The van der Waals surface area contributed by atoms with Gasteiger partial charge in [0.15, 0.2) is 5.52 Å². The van der Waals surface area contributed by atoms with Gasteiger partial charge in [0.05, 0.1) is 9.95 Å². The predicted molar refractivity (Wildman–Crippen MR) is 74.1 cm³/mol. The molecule has 1 aromatic carbocycles. The van der Waals surface area contributed by atoms with Crippen molar-refractivity contribution in [3.63, 3.8) is 0 Å². The number of nitro benzene ring substituents is 1. The Labute approximate surface area is 119 Å². The van der Waals surface area contributed by atoms with Crippen molar-refractivity contribution in [3.8, 4) is 0 Å². The second kappa shape index (κ2) is 4.90. The van der Waals surface area contributed by atoms with Gasteiger partial charge in [-0.1, -0.05) is 11.6 Å². The van der Waals surface area contributed by atoms with Crippen LogP contribution in [-0.2, 0) is 0 Å². The van der Waals surface area contributed by atoms with Crippen molar-refractivity contribution >= 4 is 34.0 Å². The predicted octanol–water partition coefficient (Wildman–Crippen LogP) is 3.16. The van der Waals surface area contributed by atoms with Crippen molar-refractivity contribution in [2.75, 3.05) is 11.4 Å². The van der Waals surface area contributed by atoms with Gasteiger partial charge in [-0.05, 0) is 42.6 Å². The molecule has 1 atom stereocenters. The smallest absolute Gasteiger partial charge is 0.323 e. The second-order valence-electron chi connectivity index (χ2n) is 4.98. The minimum atomic E-state index is -0.445. The van der Waals surface area contributed by atoms with Gasteiger partial charge in [-0.3, -0.25) is 10.1 Å². The molecule has 2 heterocycles. The maximum absolute atomic E-state index is 11.4. The van der Waals surface area contributed by atoms with E-state index in [1.54, 1.807) is 6.07 Å². The fourth-order valence-corrected chi connectivity index (χ4v) is 2.96. The van der Waals surface area contributed by atoms with Gasteiger partial charge in [-0.15, -0.1) is 0 Å². The van der Waals surface area contributed by atoms with Crippen LogP contribution in [-0.4, -0.2) is 27.8 Å². The summed E-state index contributed by atoms with van der Waals surface area (Å²) in [5.41, 5.74) is 0.747. The lowest BCUT2D eigenvalue weighted by molar-refractivity contribution is -0.382. The van der Waals surface area contributed by atoms with Crippen LogP contribution < -0.4 is 4.90 Å². The van der Waals surface area contributed by atoms with Crippen LogP contribution >= 0.6 is 11.6 Å². The van der Waals surface area contributed by atoms with Crippen molar-refractivity contribution in [2.45, 2.75) is 32.2 Å². The summed E-state index contributed by atoms with van der Waals surface area (Å²) < 4.78 is 4.60. The lowest BCUT2D eigenvalue weighted by Crippen LogP contribution is -2.37. The summed E-state index contributed by atoms with van der Waals surface area (Å²) in [7, 11) is 0. The standard InChI is InChI=1S/C12H13ClN4O3/c1-7-4-2-3-5-16(7)9-6-8(13)10-11(15-20-14-10)12(9)17(18)19/h6-7H,2-5H2,1H3/t7-/m0/s1. The molecule has 0 saturated carbocycles. The average Bonchev–Trinajstić information content (AvgIpc) is 2.88. The molecule has 0 radical (unpaired) electrons. The number of benzene rings is 1. The minimum absolute atomic E-state index is 0.0839. The molecule has 7 nitrogen and oxygen atoms in total. The van der Waals surface area contributed by atoms with E-state index in [0.717, 1.165) is 25.8 Å². The molecule has 1 saturated heterocycles. The van der Waals surface area contributed by atoms with E-state index in [1.807, 2.05) is 4.90 Å². The SMILES string of the molecule is C[C@H]1CCCCN1c1cc(Cl)c2nonc2c1[N+](=O)[O-]. The van der Waals surface area contributed by atoms with E-state index in [-0.39, 0.29) is 22.8 Å². The molecule has 1 aromatic heterocycles. The third-order valence-corrected chi connectivity index (χ3v) is 4.03. The molecule has 0 spiro atoms. The van der Waals surface area contributed by atoms with E-state index < -0.39 is 4.92 Å². The molecule has 106 valence electrons. The van der Waals surface area contributed by atoms with Crippen LogP contribution in [0.2, 0.25) is 5.02 Å². The lowest BCUT2D eigenvalue weighted by atomic mass is 10.0. The Morgan fingerprint density at radius 2 is 2.20 bits per heavy atom. The zero-order chi connectivity index (χ0) is 14.3. The van der Waals surface area contributed by atoms with Crippen LogP contribution in [0.5, 0.6) is 0 Å². The summed E-state index contributed by atoms with van der Waals surface area (Å²) in [5.74, 6) is 0. The van der Waals surface area contributed by atoms with Crippen LogP contribution in [0.25, 0.3) is 11.0 Å².